The lowest BCUT2D eigenvalue weighted by atomic mass is 10.0. The fourth-order valence-corrected chi connectivity index (χ4v) is 4.47. The molecule has 2 saturated heterocycles. The van der Waals surface area contributed by atoms with Crippen molar-refractivity contribution in [2.45, 2.75) is 56.3 Å². The lowest BCUT2D eigenvalue weighted by Crippen LogP contribution is -2.58. The van der Waals surface area contributed by atoms with Gasteiger partial charge < -0.3 is 21.3 Å². The number of benzene rings is 1. The van der Waals surface area contributed by atoms with Gasteiger partial charge in [-0.25, -0.2) is 0 Å². The Morgan fingerprint density at radius 1 is 1.21 bits per heavy atom. The van der Waals surface area contributed by atoms with Crippen LogP contribution in [0.15, 0.2) is 24.3 Å². The molecule has 7 nitrogen and oxygen atoms in total. The van der Waals surface area contributed by atoms with Crippen molar-refractivity contribution in [3.05, 3.63) is 29.3 Å². The van der Waals surface area contributed by atoms with Gasteiger partial charge in [-0.05, 0) is 62.2 Å². The molecule has 1 saturated carbocycles. The molecule has 0 unspecified atom stereocenters. The van der Waals surface area contributed by atoms with E-state index >= 15 is 0 Å². The molecule has 156 valence electrons. The number of rotatable bonds is 6. The van der Waals surface area contributed by atoms with Crippen molar-refractivity contribution in [1.82, 2.24) is 20.9 Å². The predicted molar refractivity (Wildman–Crippen MR) is 117 cm³/mol. The Kier molecular flexibility index (Phi) is 6.22. The van der Waals surface area contributed by atoms with Crippen molar-refractivity contribution in [2.75, 3.05) is 18.4 Å². The van der Waals surface area contributed by atoms with E-state index in [1.54, 1.807) is 12.1 Å². The molecule has 0 aromatic heterocycles. The third-order valence-electron chi connectivity index (χ3n) is 5.71. The highest BCUT2D eigenvalue weighted by atomic mass is 35.5. The van der Waals surface area contributed by atoms with Gasteiger partial charge in [-0.3, -0.25) is 14.5 Å². The molecule has 2 amide bonds. The maximum Gasteiger partial charge on any atom is 0.237 e. The molecular formula is C20H26ClN5O2S. The second-order valence-electron chi connectivity index (χ2n) is 8.03. The van der Waals surface area contributed by atoms with Crippen LogP contribution in [0.2, 0.25) is 5.02 Å². The van der Waals surface area contributed by atoms with Gasteiger partial charge in [-0.2, -0.15) is 0 Å². The van der Waals surface area contributed by atoms with Gasteiger partial charge in [0.05, 0.1) is 6.04 Å². The molecular weight excluding hydrogens is 410 g/mol. The highest BCUT2D eigenvalue weighted by Gasteiger charge is 2.43. The SMILES string of the molecule is O=C(CC[C@@H]1CNC(=O)[C@@H]2C[C@H](NC(=S)Nc3ccc(Cl)cc3)CN12)NC1CC1. The number of amides is 2. The Morgan fingerprint density at radius 2 is 1.97 bits per heavy atom. The second kappa shape index (κ2) is 8.85. The summed E-state index contributed by atoms with van der Waals surface area (Å²) in [5.74, 6) is 0.174. The summed E-state index contributed by atoms with van der Waals surface area (Å²) in [6.07, 6.45) is 4.12. The quantitative estimate of drug-likeness (QED) is 0.508. The molecule has 2 heterocycles. The maximum atomic E-state index is 12.3. The van der Waals surface area contributed by atoms with Gasteiger partial charge in [0.25, 0.3) is 0 Å². The molecule has 1 aromatic carbocycles. The summed E-state index contributed by atoms with van der Waals surface area (Å²) < 4.78 is 0. The van der Waals surface area contributed by atoms with Gasteiger partial charge in [0.2, 0.25) is 11.8 Å². The van der Waals surface area contributed by atoms with Crippen molar-refractivity contribution in [3.8, 4) is 0 Å². The van der Waals surface area contributed by atoms with Crippen LogP contribution in [-0.2, 0) is 9.59 Å². The largest absolute Gasteiger partial charge is 0.358 e. The zero-order valence-corrected chi connectivity index (χ0v) is 17.7. The Bertz CT molecular complexity index is 786. The van der Waals surface area contributed by atoms with Crippen LogP contribution in [0.4, 0.5) is 5.69 Å². The third kappa shape index (κ3) is 5.38. The van der Waals surface area contributed by atoms with Crippen molar-refractivity contribution in [1.29, 1.82) is 0 Å². The number of nitrogens with one attached hydrogen (secondary N) is 4. The number of carbonyl (C=O) groups is 2. The number of anilines is 1. The molecule has 9 heteroatoms. The first kappa shape index (κ1) is 20.4. The van der Waals surface area contributed by atoms with Crippen molar-refractivity contribution in [2.24, 2.45) is 0 Å². The van der Waals surface area contributed by atoms with E-state index in [-0.39, 0.29) is 29.9 Å². The topological polar surface area (TPSA) is 85.5 Å². The first-order valence-electron chi connectivity index (χ1n) is 10.1. The van der Waals surface area contributed by atoms with E-state index in [2.05, 4.69) is 26.2 Å². The van der Waals surface area contributed by atoms with E-state index in [1.165, 1.54) is 0 Å². The van der Waals surface area contributed by atoms with E-state index in [1.807, 2.05) is 12.1 Å². The fraction of sp³-hybridized carbons (Fsp3) is 0.550. The second-order valence-corrected chi connectivity index (χ2v) is 8.87. The molecule has 3 atom stereocenters. The summed E-state index contributed by atoms with van der Waals surface area (Å²) in [5, 5.41) is 13.7. The molecule has 2 aliphatic heterocycles. The van der Waals surface area contributed by atoms with Gasteiger partial charge in [0, 0.05) is 48.3 Å². The number of hydrogen-bond acceptors (Lipinski definition) is 4. The van der Waals surface area contributed by atoms with Gasteiger partial charge >= 0.3 is 0 Å². The first-order chi connectivity index (χ1) is 14.0. The number of carbonyl (C=O) groups excluding carboxylic acids is 2. The van der Waals surface area contributed by atoms with Crippen LogP contribution in [0.3, 0.4) is 0 Å². The van der Waals surface area contributed by atoms with Gasteiger partial charge in [-0.1, -0.05) is 11.6 Å². The smallest absolute Gasteiger partial charge is 0.237 e. The Hall–Kier alpha value is -1.90. The number of piperazine rings is 1. The van der Waals surface area contributed by atoms with Gasteiger partial charge in [-0.15, -0.1) is 0 Å². The van der Waals surface area contributed by atoms with Crippen LogP contribution in [-0.4, -0.2) is 59.1 Å². The summed E-state index contributed by atoms with van der Waals surface area (Å²) in [4.78, 5) is 26.6. The Labute approximate surface area is 180 Å². The van der Waals surface area contributed by atoms with Crippen LogP contribution in [0, 0.1) is 0 Å². The standard InChI is InChI=1S/C20H26ClN5O2S/c21-12-1-3-14(4-2-12)24-20(29)25-15-9-17-19(28)22-10-16(26(17)11-15)7-8-18(27)23-13-5-6-13/h1-4,13,15-17H,5-11H2,(H,22,28)(H,23,27)(H2,24,25,29)/t15-,16+,17-/m0/s1. The van der Waals surface area contributed by atoms with Crippen molar-refractivity contribution >= 4 is 46.4 Å². The van der Waals surface area contributed by atoms with Crippen LogP contribution in [0.25, 0.3) is 0 Å². The Morgan fingerprint density at radius 3 is 2.69 bits per heavy atom. The van der Waals surface area contributed by atoms with Crippen molar-refractivity contribution in [3.63, 3.8) is 0 Å². The summed E-state index contributed by atoms with van der Waals surface area (Å²) in [6, 6.07) is 7.81. The van der Waals surface area contributed by atoms with Crippen LogP contribution in [0.5, 0.6) is 0 Å². The number of fused-ring (bicyclic) bond motifs is 1. The van der Waals surface area contributed by atoms with Crippen LogP contribution < -0.4 is 21.3 Å². The lowest BCUT2D eigenvalue weighted by Gasteiger charge is -2.37. The van der Waals surface area contributed by atoms with E-state index in [4.69, 9.17) is 23.8 Å². The monoisotopic (exact) mass is 435 g/mol. The average Bonchev–Trinajstić information content (AvgIpc) is 3.39. The van der Waals surface area contributed by atoms with E-state index in [0.717, 1.165) is 31.5 Å². The fourth-order valence-electron chi connectivity index (χ4n) is 4.06. The van der Waals surface area contributed by atoms with Crippen molar-refractivity contribution < 1.29 is 9.59 Å². The normalized spacial score (nSPS) is 26.4. The molecule has 29 heavy (non-hydrogen) atoms. The molecule has 3 fully saturated rings. The lowest BCUT2D eigenvalue weighted by molar-refractivity contribution is -0.129. The number of thiocarbonyl (C=S) groups is 1. The van der Waals surface area contributed by atoms with E-state index in [0.29, 0.717) is 35.6 Å². The first-order valence-corrected chi connectivity index (χ1v) is 10.9. The highest BCUT2D eigenvalue weighted by molar-refractivity contribution is 7.80. The number of hydrogen-bond donors (Lipinski definition) is 4. The summed E-state index contributed by atoms with van der Waals surface area (Å²) in [7, 11) is 0. The van der Waals surface area contributed by atoms with E-state index < -0.39 is 0 Å². The third-order valence-corrected chi connectivity index (χ3v) is 6.18. The Balaban J connectivity index is 1.29. The maximum absolute atomic E-state index is 12.3. The molecule has 4 rings (SSSR count). The highest BCUT2D eigenvalue weighted by Crippen LogP contribution is 2.26. The summed E-state index contributed by atoms with van der Waals surface area (Å²) in [6.45, 7) is 1.32. The zero-order valence-electron chi connectivity index (χ0n) is 16.1. The molecule has 1 aliphatic carbocycles. The minimum Gasteiger partial charge on any atom is -0.358 e. The zero-order chi connectivity index (χ0) is 20.4. The van der Waals surface area contributed by atoms with Crippen LogP contribution >= 0.6 is 23.8 Å². The molecule has 0 spiro atoms. The minimum absolute atomic E-state index is 0.0598. The number of nitrogens with zero attached hydrogens (tertiary/aromatic N) is 1. The van der Waals surface area contributed by atoms with Crippen LogP contribution in [0.1, 0.15) is 32.1 Å². The predicted octanol–water partition coefficient (Wildman–Crippen LogP) is 1.63. The minimum atomic E-state index is -0.170. The molecule has 1 aromatic rings. The van der Waals surface area contributed by atoms with Gasteiger partial charge in [0.1, 0.15) is 0 Å². The molecule has 4 N–H and O–H groups in total. The summed E-state index contributed by atoms with van der Waals surface area (Å²) in [5.41, 5.74) is 0.861. The summed E-state index contributed by atoms with van der Waals surface area (Å²) >= 11 is 11.3. The number of halogens is 1. The molecule has 0 bridgehead atoms. The van der Waals surface area contributed by atoms with Gasteiger partial charge in [0.15, 0.2) is 5.11 Å². The average molecular weight is 436 g/mol. The molecule has 3 aliphatic rings. The molecule has 0 radical (unpaired) electrons. The van der Waals surface area contributed by atoms with E-state index in [9.17, 15) is 9.59 Å².